The topological polar surface area (TPSA) is 88.6 Å². The number of hydrogen-bond acceptors (Lipinski definition) is 6. The van der Waals surface area contributed by atoms with Gasteiger partial charge in [0.2, 0.25) is 15.9 Å². The highest BCUT2D eigenvalue weighted by atomic mass is 35.5. The van der Waals surface area contributed by atoms with E-state index in [0.29, 0.717) is 16.3 Å². The number of carbonyl (C=O) groups excluding carboxylic acids is 1. The minimum absolute atomic E-state index is 0.0280. The van der Waals surface area contributed by atoms with Gasteiger partial charge in [0.1, 0.15) is 0 Å². The van der Waals surface area contributed by atoms with Crippen LogP contribution in [0.15, 0.2) is 52.7 Å². The number of aromatic nitrogens is 1. The Morgan fingerprint density at radius 1 is 1.27 bits per heavy atom. The number of halogens is 2. The number of amides is 1. The fourth-order valence-electron chi connectivity index (χ4n) is 2.52. The lowest BCUT2D eigenvalue weighted by Crippen LogP contribution is -2.34. The summed E-state index contributed by atoms with van der Waals surface area (Å²) in [4.78, 5) is 16.6. The van der Waals surface area contributed by atoms with Crippen molar-refractivity contribution in [2.45, 2.75) is 4.90 Å². The first-order valence-electron chi connectivity index (χ1n) is 8.52. The molecule has 1 amide bonds. The van der Waals surface area contributed by atoms with Crippen molar-refractivity contribution in [1.82, 2.24) is 9.29 Å². The van der Waals surface area contributed by atoms with E-state index in [1.165, 1.54) is 50.6 Å². The van der Waals surface area contributed by atoms with Crippen LogP contribution in [0.2, 0.25) is 5.02 Å². The third-order valence-electron chi connectivity index (χ3n) is 4.09. The van der Waals surface area contributed by atoms with Crippen LogP contribution in [0.5, 0.6) is 5.75 Å². The smallest absolute Gasteiger partial charge is 0.243 e. The highest BCUT2D eigenvalue weighted by molar-refractivity contribution is 7.89. The van der Waals surface area contributed by atoms with Gasteiger partial charge in [-0.05, 0) is 42.5 Å². The van der Waals surface area contributed by atoms with Crippen molar-refractivity contribution >= 4 is 44.0 Å². The SMILES string of the molecule is COc1ccc(-c2csc(NC(=O)CN(C)S(=O)(=O)c3ccc(Cl)cc3)n2)cc1F. The molecule has 2 aromatic carbocycles. The van der Waals surface area contributed by atoms with E-state index in [9.17, 15) is 17.6 Å². The molecule has 0 radical (unpaired) electrons. The second kappa shape index (κ2) is 9.09. The zero-order valence-electron chi connectivity index (χ0n) is 15.9. The normalized spacial score (nSPS) is 11.5. The van der Waals surface area contributed by atoms with Crippen molar-refractivity contribution in [3.63, 3.8) is 0 Å². The number of methoxy groups -OCH3 is 1. The third kappa shape index (κ3) is 4.96. The minimum Gasteiger partial charge on any atom is -0.494 e. The average Bonchev–Trinajstić information content (AvgIpc) is 3.16. The highest BCUT2D eigenvalue weighted by Crippen LogP contribution is 2.28. The molecule has 0 bridgehead atoms. The molecule has 1 aromatic heterocycles. The van der Waals surface area contributed by atoms with Gasteiger partial charge in [-0.25, -0.2) is 17.8 Å². The Labute approximate surface area is 182 Å². The molecule has 158 valence electrons. The molecule has 3 aromatic rings. The number of carbonyl (C=O) groups is 1. The zero-order valence-corrected chi connectivity index (χ0v) is 18.3. The largest absolute Gasteiger partial charge is 0.494 e. The fraction of sp³-hybridized carbons (Fsp3) is 0.158. The van der Waals surface area contributed by atoms with Crippen LogP contribution in [0.25, 0.3) is 11.3 Å². The molecule has 30 heavy (non-hydrogen) atoms. The summed E-state index contributed by atoms with van der Waals surface area (Å²) < 4.78 is 44.8. The zero-order chi connectivity index (χ0) is 21.9. The van der Waals surface area contributed by atoms with Crippen molar-refractivity contribution in [3.05, 3.63) is 58.7 Å². The second-order valence-electron chi connectivity index (χ2n) is 6.15. The number of benzene rings is 2. The summed E-state index contributed by atoms with van der Waals surface area (Å²) in [7, 11) is -1.17. The van der Waals surface area contributed by atoms with E-state index in [1.807, 2.05) is 0 Å². The summed E-state index contributed by atoms with van der Waals surface area (Å²) >= 11 is 6.92. The maximum Gasteiger partial charge on any atom is 0.243 e. The summed E-state index contributed by atoms with van der Waals surface area (Å²) in [5.41, 5.74) is 0.992. The Kier molecular flexibility index (Phi) is 6.71. The van der Waals surface area contributed by atoms with E-state index in [0.717, 1.165) is 15.6 Å². The molecule has 0 saturated heterocycles. The number of nitrogens with one attached hydrogen (secondary N) is 1. The highest BCUT2D eigenvalue weighted by Gasteiger charge is 2.23. The molecule has 3 rings (SSSR count). The Hall–Kier alpha value is -2.53. The van der Waals surface area contributed by atoms with Crippen molar-refractivity contribution in [3.8, 4) is 17.0 Å². The van der Waals surface area contributed by atoms with Crippen LogP contribution in [0.3, 0.4) is 0 Å². The lowest BCUT2D eigenvalue weighted by Gasteiger charge is -2.16. The van der Waals surface area contributed by atoms with Crippen molar-refractivity contribution in [2.75, 3.05) is 26.0 Å². The fourth-order valence-corrected chi connectivity index (χ4v) is 4.51. The molecule has 0 unspecified atom stereocenters. The molecule has 0 atom stereocenters. The summed E-state index contributed by atoms with van der Waals surface area (Å²) in [5, 5.41) is 4.89. The number of likely N-dealkylation sites (N-methyl/N-ethyl adjacent to an activating group) is 1. The standard InChI is InChI=1S/C19H17ClFN3O4S2/c1-24(30(26,27)14-6-4-13(20)5-7-14)10-18(25)23-19-22-16(11-29-19)12-3-8-17(28-2)15(21)9-12/h3-9,11H,10H2,1-2H3,(H,22,23,25). The van der Waals surface area contributed by atoms with Crippen molar-refractivity contribution < 1.29 is 22.3 Å². The lowest BCUT2D eigenvalue weighted by molar-refractivity contribution is -0.116. The number of nitrogens with zero attached hydrogens (tertiary/aromatic N) is 2. The van der Waals surface area contributed by atoms with Gasteiger partial charge in [0.15, 0.2) is 16.7 Å². The van der Waals surface area contributed by atoms with Gasteiger partial charge in [0, 0.05) is 23.0 Å². The number of hydrogen-bond donors (Lipinski definition) is 1. The molecule has 0 aliphatic rings. The van der Waals surface area contributed by atoms with Crippen LogP contribution in [-0.4, -0.2) is 44.3 Å². The van der Waals surface area contributed by atoms with Crippen LogP contribution >= 0.6 is 22.9 Å². The summed E-state index contributed by atoms with van der Waals surface area (Å²) in [5.74, 6) is -0.966. The van der Waals surface area contributed by atoms with Crippen LogP contribution in [0.1, 0.15) is 0 Å². The first kappa shape index (κ1) is 22.2. The van der Waals surface area contributed by atoms with Gasteiger partial charge < -0.3 is 10.1 Å². The monoisotopic (exact) mass is 469 g/mol. The van der Waals surface area contributed by atoms with Crippen LogP contribution in [-0.2, 0) is 14.8 Å². The number of thiazole rings is 1. The van der Waals surface area contributed by atoms with Gasteiger partial charge in [0.05, 0.1) is 24.2 Å². The van der Waals surface area contributed by atoms with Gasteiger partial charge in [-0.15, -0.1) is 11.3 Å². The maximum atomic E-state index is 13.9. The first-order valence-corrected chi connectivity index (χ1v) is 11.2. The molecule has 0 fully saturated rings. The molecule has 1 heterocycles. The predicted octanol–water partition coefficient (Wildman–Crippen LogP) is 3.87. The van der Waals surface area contributed by atoms with E-state index in [1.54, 1.807) is 11.4 Å². The first-order chi connectivity index (χ1) is 14.2. The Morgan fingerprint density at radius 3 is 2.60 bits per heavy atom. The molecular weight excluding hydrogens is 453 g/mol. The summed E-state index contributed by atoms with van der Waals surface area (Å²) in [6, 6.07) is 10.1. The summed E-state index contributed by atoms with van der Waals surface area (Å²) in [6.07, 6.45) is 0. The van der Waals surface area contributed by atoms with E-state index >= 15 is 0 Å². The molecule has 0 saturated carbocycles. The van der Waals surface area contributed by atoms with Gasteiger partial charge in [0.25, 0.3) is 0 Å². The molecule has 0 aliphatic carbocycles. The Balaban J connectivity index is 1.67. The van der Waals surface area contributed by atoms with Gasteiger partial charge in [-0.3, -0.25) is 4.79 Å². The molecule has 0 spiro atoms. The predicted molar refractivity (Wildman–Crippen MR) is 114 cm³/mol. The summed E-state index contributed by atoms with van der Waals surface area (Å²) in [6.45, 7) is -0.406. The van der Waals surface area contributed by atoms with E-state index < -0.39 is 28.3 Å². The Morgan fingerprint density at radius 2 is 1.97 bits per heavy atom. The van der Waals surface area contributed by atoms with Gasteiger partial charge in [-0.1, -0.05) is 11.6 Å². The van der Waals surface area contributed by atoms with E-state index in [2.05, 4.69) is 10.3 Å². The lowest BCUT2D eigenvalue weighted by atomic mass is 10.1. The molecule has 7 nitrogen and oxygen atoms in total. The third-order valence-corrected chi connectivity index (χ3v) is 6.91. The molecular formula is C19H17ClFN3O4S2. The minimum atomic E-state index is -3.85. The number of sulfonamides is 1. The van der Waals surface area contributed by atoms with Crippen molar-refractivity contribution in [2.24, 2.45) is 0 Å². The maximum absolute atomic E-state index is 13.9. The number of rotatable bonds is 7. The van der Waals surface area contributed by atoms with Crippen LogP contribution < -0.4 is 10.1 Å². The number of anilines is 1. The van der Waals surface area contributed by atoms with E-state index in [-0.39, 0.29) is 15.8 Å². The molecule has 11 heteroatoms. The molecule has 0 aliphatic heterocycles. The quantitative estimate of drug-likeness (QED) is 0.567. The van der Waals surface area contributed by atoms with Crippen molar-refractivity contribution in [1.29, 1.82) is 0 Å². The van der Waals surface area contributed by atoms with Gasteiger partial charge >= 0.3 is 0 Å². The molecule has 1 N–H and O–H groups in total. The Bertz CT molecular complexity index is 1170. The van der Waals surface area contributed by atoms with E-state index in [4.69, 9.17) is 16.3 Å². The van der Waals surface area contributed by atoms with Crippen LogP contribution in [0.4, 0.5) is 9.52 Å². The van der Waals surface area contributed by atoms with Gasteiger partial charge in [-0.2, -0.15) is 4.31 Å². The number of ether oxygens (including phenoxy) is 1. The average molecular weight is 470 g/mol. The second-order valence-corrected chi connectivity index (χ2v) is 9.49. The van der Waals surface area contributed by atoms with Crippen LogP contribution in [0, 0.1) is 5.82 Å².